The SMILES string of the molecule is CCn1c(C)nnc1-c1cn(CCN)cn1. The van der Waals surface area contributed by atoms with E-state index in [4.69, 9.17) is 5.73 Å². The van der Waals surface area contributed by atoms with Crippen molar-refractivity contribution in [1.82, 2.24) is 24.3 Å². The summed E-state index contributed by atoms with van der Waals surface area (Å²) in [5, 5.41) is 8.19. The summed E-state index contributed by atoms with van der Waals surface area (Å²) in [5.41, 5.74) is 6.33. The maximum atomic E-state index is 5.49. The van der Waals surface area contributed by atoms with Gasteiger partial charge in [0.05, 0.1) is 6.33 Å². The van der Waals surface area contributed by atoms with Gasteiger partial charge >= 0.3 is 0 Å². The molecular weight excluding hydrogens is 204 g/mol. The number of nitrogens with two attached hydrogens (primary N) is 1. The zero-order valence-electron chi connectivity index (χ0n) is 9.59. The number of aryl methyl sites for hydroxylation is 1. The summed E-state index contributed by atoms with van der Waals surface area (Å²) in [4.78, 5) is 4.31. The number of rotatable bonds is 4. The molecule has 0 saturated heterocycles. The second-order valence-corrected chi connectivity index (χ2v) is 3.60. The first-order valence-corrected chi connectivity index (χ1v) is 5.38. The average Bonchev–Trinajstić information content (AvgIpc) is 2.85. The molecule has 16 heavy (non-hydrogen) atoms. The van der Waals surface area contributed by atoms with E-state index in [2.05, 4.69) is 22.1 Å². The molecule has 86 valence electrons. The minimum Gasteiger partial charge on any atom is -0.335 e. The summed E-state index contributed by atoms with van der Waals surface area (Å²) in [5.74, 6) is 1.72. The van der Waals surface area contributed by atoms with Crippen molar-refractivity contribution in [3.63, 3.8) is 0 Å². The Morgan fingerprint density at radius 2 is 2.19 bits per heavy atom. The molecule has 0 fully saturated rings. The van der Waals surface area contributed by atoms with Crippen LogP contribution in [0.4, 0.5) is 0 Å². The first-order chi connectivity index (χ1) is 7.76. The second-order valence-electron chi connectivity index (χ2n) is 3.60. The Kier molecular flexibility index (Phi) is 3.00. The molecule has 0 aliphatic heterocycles. The van der Waals surface area contributed by atoms with Crippen LogP contribution in [0, 0.1) is 6.92 Å². The fourth-order valence-corrected chi connectivity index (χ4v) is 1.70. The Balaban J connectivity index is 2.34. The molecule has 0 unspecified atom stereocenters. The highest BCUT2D eigenvalue weighted by Gasteiger charge is 2.11. The van der Waals surface area contributed by atoms with Crippen LogP contribution < -0.4 is 5.73 Å². The van der Waals surface area contributed by atoms with Gasteiger partial charge in [-0.2, -0.15) is 0 Å². The predicted octanol–water partition coefficient (Wildman–Crippen LogP) is 0.429. The second kappa shape index (κ2) is 4.44. The van der Waals surface area contributed by atoms with Crippen LogP contribution in [0.5, 0.6) is 0 Å². The quantitative estimate of drug-likeness (QED) is 0.810. The topological polar surface area (TPSA) is 74.5 Å². The van der Waals surface area contributed by atoms with Crippen LogP contribution in [-0.4, -0.2) is 30.9 Å². The van der Waals surface area contributed by atoms with Crippen LogP contribution in [0.2, 0.25) is 0 Å². The molecule has 2 rings (SSSR count). The van der Waals surface area contributed by atoms with Gasteiger partial charge < -0.3 is 14.9 Å². The molecule has 2 heterocycles. The lowest BCUT2D eigenvalue weighted by molar-refractivity contribution is 0.707. The van der Waals surface area contributed by atoms with Gasteiger partial charge in [0.15, 0.2) is 5.82 Å². The van der Waals surface area contributed by atoms with Crippen LogP contribution in [0.1, 0.15) is 12.7 Å². The Bertz CT molecular complexity index is 469. The summed E-state index contributed by atoms with van der Waals surface area (Å²) >= 11 is 0. The van der Waals surface area contributed by atoms with Crippen LogP contribution >= 0.6 is 0 Å². The summed E-state index contributed by atoms with van der Waals surface area (Å²) in [6, 6.07) is 0. The van der Waals surface area contributed by atoms with Gasteiger partial charge in [-0.3, -0.25) is 0 Å². The Labute approximate surface area is 94.1 Å². The van der Waals surface area contributed by atoms with E-state index in [1.807, 2.05) is 22.3 Å². The lowest BCUT2D eigenvalue weighted by Gasteiger charge is -2.01. The lowest BCUT2D eigenvalue weighted by atomic mass is 10.4. The van der Waals surface area contributed by atoms with Gasteiger partial charge in [-0.05, 0) is 13.8 Å². The number of imidazole rings is 1. The van der Waals surface area contributed by atoms with E-state index in [-0.39, 0.29) is 0 Å². The Morgan fingerprint density at radius 1 is 1.38 bits per heavy atom. The van der Waals surface area contributed by atoms with E-state index in [9.17, 15) is 0 Å². The van der Waals surface area contributed by atoms with Crippen molar-refractivity contribution in [3.8, 4) is 11.5 Å². The fraction of sp³-hybridized carbons (Fsp3) is 0.500. The van der Waals surface area contributed by atoms with Crippen molar-refractivity contribution in [1.29, 1.82) is 0 Å². The first kappa shape index (κ1) is 10.8. The zero-order chi connectivity index (χ0) is 11.5. The summed E-state index contributed by atoms with van der Waals surface area (Å²) in [6.45, 7) is 6.23. The van der Waals surface area contributed by atoms with Gasteiger partial charge in [0.2, 0.25) is 0 Å². The largest absolute Gasteiger partial charge is 0.335 e. The normalized spacial score (nSPS) is 10.9. The van der Waals surface area contributed by atoms with Gasteiger partial charge in [-0.15, -0.1) is 10.2 Å². The molecule has 0 saturated carbocycles. The maximum absolute atomic E-state index is 5.49. The molecule has 6 heteroatoms. The molecule has 2 aromatic heterocycles. The Morgan fingerprint density at radius 3 is 2.88 bits per heavy atom. The van der Waals surface area contributed by atoms with E-state index in [0.717, 1.165) is 30.4 Å². The molecule has 0 aliphatic carbocycles. The van der Waals surface area contributed by atoms with Crippen LogP contribution in [-0.2, 0) is 13.1 Å². The smallest absolute Gasteiger partial charge is 0.184 e. The van der Waals surface area contributed by atoms with E-state index in [1.165, 1.54) is 0 Å². The number of hydrogen-bond acceptors (Lipinski definition) is 4. The Hall–Kier alpha value is -1.69. The number of aromatic nitrogens is 5. The van der Waals surface area contributed by atoms with E-state index >= 15 is 0 Å². The molecule has 0 aromatic carbocycles. The van der Waals surface area contributed by atoms with Crippen molar-refractivity contribution >= 4 is 0 Å². The van der Waals surface area contributed by atoms with Crippen molar-refractivity contribution in [2.45, 2.75) is 26.9 Å². The standard InChI is InChI=1S/C10H16N6/c1-3-16-8(2)13-14-10(16)9-6-15(5-4-11)7-12-9/h6-7H,3-5,11H2,1-2H3. The molecule has 6 nitrogen and oxygen atoms in total. The minimum absolute atomic E-state index is 0.606. The van der Waals surface area contributed by atoms with Crippen LogP contribution in [0.15, 0.2) is 12.5 Å². The van der Waals surface area contributed by atoms with Gasteiger partial charge in [0, 0.05) is 25.8 Å². The van der Waals surface area contributed by atoms with E-state index in [1.54, 1.807) is 6.33 Å². The molecule has 0 atom stereocenters. The third kappa shape index (κ3) is 1.83. The van der Waals surface area contributed by atoms with E-state index < -0.39 is 0 Å². The summed E-state index contributed by atoms with van der Waals surface area (Å²) in [6.07, 6.45) is 3.72. The van der Waals surface area contributed by atoms with Crippen LogP contribution in [0.25, 0.3) is 11.5 Å². The monoisotopic (exact) mass is 220 g/mol. The zero-order valence-corrected chi connectivity index (χ0v) is 9.59. The molecule has 2 aromatic rings. The van der Waals surface area contributed by atoms with Gasteiger partial charge in [-0.25, -0.2) is 4.98 Å². The third-order valence-electron chi connectivity index (χ3n) is 2.50. The fourth-order valence-electron chi connectivity index (χ4n) is 1.70. The van der Waals surface area contributed by atoms with Crippen LogP contribution in [0.3, 0.4) is 0 Å². The van der Waals surface area contributed by atoms with Crippen molar-refractivity contribution < 1.29 is 0 Å². The summed E-state index contributed by atoms with van der Waals surface area (Å²) < 4.78 is 3.99. The molecule has 0 aliphatic rings. The predicted molar refractivity (Wildman–Crippen MR) is 60.7 cm³/mol. The third-order valence-corrected chi connectivity index (χ3v) is 2.50. The van der Waals surface area contributed by atoms with Crippen molar-refractivity contribution in [2.24, 2.45) is 5.73 Å². The lowest BCUT2D eigenvalue weighted by Crippen LogP contribution is -2.07. The maximum Gasteiger partial charge on any atom is 0.184 e. The molecule has 0 amide bonds. The molecule has 0 bridgehead atoms. The average molecular weight is 220 g/mol. The van der Waals surface area contributed by atoms with Gasteiger partial charge in [0.25, 0.3) is 0 Å². The highest BCUT2D eigenvalue weighted by atomic mass is 15.3. The molecular formula is C10H16N6. The number of nitrogens with zero attached hydrogens (tertiary/aromatic N) is 5. The first-order valence-electron chi connectivity index (χ1n) is 5.38. The van der Waals surface area contributed by atoms with E-state index in [0.29, 0.717) is 6.54 Å². The molecule has 0 spiro atoms. The number of hydrogen-bond donors (Lipinski definition) is 1. The summed E-state index contributed by atoms with van der Waals surface area (Å²) in [7, 11) is 0. The molecule has 2 N–H and O–H groups in total. The van der Waals surface area contributed by atoms with Gasteiger partial charge in [0.1, 0.15) is 11.5 Å². The minimum atomic E-state index is 0.606. The highest BCUT2D eigenvalue weighted by molar-refractivity contribution is 5.47. The van der Waals surface area contributed by atoms with Gasteiger partial charge in [-0.1, -0.05) is 0 Å². The van der Waals surface area contributed by atoms with Crippen molar-refractivity contribution in [3.05, 3.63) is 18.3 Å². The highest BCUT2D eigenvalue weighted by Crippen LogP contribution is 2.15. The molecule has 0 radical (unpaired) electrons. The van der Waals surface area contributed by atoms with Crippen molar-refractivity contribution in [2.75, 3.05) is 6.54 Å².